The predicted octanol–water partition coefficient (Wildman–Crippen LogP) is 4.34. The zero-order chi connectivity index (χ0) is 18.5. The van der Waals surface area contributed by atoms with Crippen LogP contribution in [0.5, 0.6) is 0 Å². The predicted molar refractivity (Wildman–Crippen MR) is 96.2 cm³/mol. The smallest absolute Gasteiger partial charge is 0.270 e. The number of nitrogens with one attached hydrogen (secondary N) is 2. The number of carbonyl (C=O) groups is 1. The third-order valence-electron chi connectivity index (χ3n) is 3.93. The minimum absolute atomic E-state index is 0.220. The normalized spacial score (nSPS) is 10.4. The highest BCUT2D eigenvalue weighted by atomic mass is 19.1. The van der Waals surface area contributed by atoms with E-state index in [1.165, 1.54) is 18.3 Å². The fourth-order valence-corrected chi connectivity index (χ4v) is 2.44. The molecule has 1 heterocycles. The first-order valence-corrected chi connectivity index (χ1v) is 8.04. The lowest BCUT2D eigenvalue weighted by Crippen LogP contribution is -2.24. The number of hydrogen-bond acceptors (Lipinski definition) is 3. The molecule has 0 saturated heterocycles. The number of amides is 1. The third kappa shape index (κ3) is 4.03. The number of pyridine rings is 1. The molecule has 132 valence electrons. The maximum absolute atomic E-state index is 13.7. The second-order valence-corrected chi connectivity index (χ2v) is 5.76. The molecular weight excluding hydrogens is 336 g/mol. The lowest BCUT2D eigenvalue weighted by molar-refractivity contribution is 0.0946. The van der Waals surface area contributed by atoms with E-state index in [-0.39, 0.29) is 17.3 Å². The summed E-state index contributed by atoms with van der Waals surface area (Å²) in [6.45, 7) is 2.37. The van der Waals surface area contributed by atoms with Crippen LogP contribution in [-0.2, 0) is 6.54 Å². The maximum atomic E-state index is 13.7. The van der Waals surface area contributed by atoms with Gasteiger partial charge < -0.3 is 10.6 Å². The van der Waals surface area contributed by atoms with Crippen molar-refractivity contribution in [2.75, 3.05) is 5.32 Å². The highest BCUT2D eigenvalue weighted by Gasteiger charge is 2.11. The van der Waals surface area contributed by atoms with E-state index < -0.39 is 11.6 Å². The molecule has 0 saturated carbocycles. The number of benzene rings is 2. The third-order valence-corrected chi connectivity index (χ3v) is 3.93. The second-order valence-electron chi connectivity index (χ2n) is 5.76. The fourth-order valence-electron chi connectivity index (χ4n) is 2.44. The van der Waals surface area contributed by atoms with Crippen molar-refractivity contribution in [2.24, 2.45) is 0 Å². The molecule has 0 aliphatic carbocycles. The first kappa shape index (κ1) is 17.5. The van der Waals surface area contributed by atoms with Crippen molar-refractivity contribution in [3.05, 3.63) is 89.2 Å². The first-order valence-electron chi connectivity index (χ1n) is 8.04. The van der Waals surface area contributed by atoms with Crippen LogP contribution in [0, 0.1) is 18.6 Å². The van der Waals surface area contributed by atoms with Gasteiger partial charge in [0.25, 0.3) is 5.91 Å². The average molecular weight is 353 g/mol. The van der Waals surface area contributed by atoms with E-state index in [1.807, 2.05) is 31.2 Å². The highest BCUT2D eigenvalue weighted by molar-refractivity contribution is 5.92. The van der Waals surface area contributed by atoms with Gasteiger partial charge in [-0.05, 0) is 42.3 Å². The van der Waals surface area contributed by atoms with Crippen molar-refractivity contribution in [1.82, 2.24) is 10.3 Å². The molecule has 26 heavy (non-hydrogen) atoms. The summed E-state index contributed by atoms with van der Waals surface area (Å²) < 4.78 is 27.3. The van der Waals surface area contributed by atoms with Gasteiger partial charge in [-0.15, -0.1) is 0 Å². The zero-order valence-corrected chi connectivity index (χ0v) is 14.1. The molecule has 3 aromatic rings. The highest BCUT2D eigenvalue weighted by Crippen LogP contribution is 2.22. The number of aromatic nitrogens is 1. The van der Waals surface area contributed by atoms with Gasteiger partial charge >= 0.3 is 0 Å². The molecular formula is C20H17F2N3O. The van der Waals surface area contributed by atoms with Crippen LogP contribution in [-0.4, -0.2) is 10.9 Å². The standard InChI is InChI=1S/C20H17F2N3O/c1-13-5-2-3-6-14(13)11-24-20(26)18-10-9-15(12-23-18)25-19-16(21)7-4-8-17(19)22/h2-10,12,25H,11H2,1H3,(H,24,26). The van der Waals surface area contributed by atoms with Crippen molar-refractivity contribution in [3.8, 4) is 0 Å². The van der Waals surface area contributed by atoms with Gasteiger partial charge in [-0.3, -0.25) is 4.79 Å². The summed E-state index contributed by atoms with van der Waals surface area (Å²) in [6.07, 6.45) is 1.36. The molecule has 0 aliphatic heterocycles. The molecule has 0 radical (unpaired) electrons. The van der Waals surface area contributed by atoms with Gasteiger partial charge in [0.1, 0.15) is 23.0 Å². The lowest BCUT2D eigenvalue weighted by Gasteiger charge is -2.10. The summed E-state index contributed by atoms with van der Waals surface area (Å²) >= 11 is 0. The first-order chi connectivity index (χ1) is 12.5. The minimum Gasteiger partial charge on any atom is -0.349 e. The van der Waals surface area contributed by atoms with Crippen LogP contribution in [0.2, 0.25) is 0 Å². The molecule has 0 unspecified atom stereocenters. The number of carbonyl (C=O) groups excluding carboxylic acids is 1. The van der Waals surface area contributed by atoms with Gasteiger partial charge in [-0.25, -0.2) is 13.8 Å². The van der Waals surface area contributed by atoms with E-state index in [1.54, 1.807) is 6.07 Å². The molecule has 4 nitrogen and oxygen atoms in total. The number of anilines is 2. The Kier molecular flexibility index (Phi) is 5.22. The lowest BCUT2D eigenvalue weighted by atomic mass is 10.1. The van der Waals surface area contributed by atoms with E-state index in [9.17, 15) is 13.6 Å². The van der Waals surface area contributed by atoms with E-state index in [0.29, 0.717) is 12.2 Å². The largest absolute Gasteiger partial charge is 0.349 e. The number of aryl methyl sites for hydroxylation is 1. The fraction of sp³-hybridized carbons (Fsp3) is 0.100. The van der Waals surface area contributed by atoms with Crippen molar-refractivity contribution in [2.45, 2.75) is 13.5 Å². The number of para-hydroxylation sites is 1. The number of halogens is 2. The Morgan fingerprint density at radius 3 is 2.38 bits per heavy atom. The summed E-state index contributed by atoms with van der Waals surface area (Å²) in [5.74, 6) is -1.73. The van der Waals surface area contributed by atoms with E-state index in [0.717, 1.165) is 23.3 Å². The average Bonchev–Trinajstić information content (AvgIpc) is 2.64. The molecule has 1 aromatic heterocycles. The number of rotatable bonds is 5. The Bertz CT molecular complexity index is 906. The molecule has 0 spiro atoms. The Morgan fingerprint density at radius 1 is 1.00 bits per heavy atom. The molecule has 0 bridgehead atoms. The van der Waals surface area contributed by atoms with Crippen LogP contribution in [0.15, 0.2) is 60.8 Å². The van der Waals surface area contributed by atoms with Crippen molar-refractivity contribution in [3.63, 3.8) is 0 Å². The zero-order valence-electron chi connectivity index (χ0n) is 14.1. The van der Waals surface area contributed by atoms with E-state index in [4.69, 9.17) is 0 Å². The van der Waals surface area contributed by atoms with Crippen LogP contribution in [0.3, 0.4) is 0 Å². The Morgan fingerprint density at radius 2 is 1.73 bits per heavy atom. The molecule has 0 fully saturated rings. The van der Waals surface area contributed by atoms with Gasteiger partial charge in [0.05, 0.1) is 11.9 Å². The molecule has 3 rings (SSSR count). The summed E-state index contributed by atoms with van der Waals surface area (Å²) in [5, 5.41) is 5.43. The van der Waals surface area contributed by atoms with Crippen molar-refractivity contribution < 1.29 is 13.6 Å². The van der Waals surface area contributed by atoms with Gasteiger partial charge in [0, 0.05) is 6.54 Å². The molecule has 2 aromatic carbocycles. The van der Waals surface area contributed by atoms with Crippen LogP contribution >= 0.6 is 0 Å². The van der Waals surface area contributed by atoms with Crippen LogP contribution in [0.25, 0.3) is 0 Å². The quantitative estimate of drug-likeness (QED) is 0.717. The van der Waals surface area contributed by atoms with Crippen molar-refractivity contribution in [1.29, 1.82) is 0 Å². The van der Waals surface area contributed by atoms with Gasteiger partial charge in [0.2, 0.25) is 0 Å². The maximum Gasteiger partial charge on any atom is 0.270 e. The van der Waals surface area contributed by atoms with Crippen LogP contribution < -0.4 is 10.6 Å². The van der Waals surface area contributed by atoms with Gasteiger partial charge in [0.15, 0.2) is 0 Å². The van der Waals surface area contributed by atoms with Crippen LogP contribution in [0.1, 0.15) is 21.6 Å². The number of nitrogens with zero attached hydrogens (tertiary/aromatic N) is 1. The summed E-state index contributed by atoms with van der Waals surface area (Å²) in [7, 11) is 0. The second kappa shape index (κ2) is 7.74. The molecule has 2 N–H and O–H groups in total. The van der Waals surface area contributed by atoms with E-state index in [2.05, 4.69) is 15.6 Å². The van der Waals surface area contributed by atoms with E-state index >= 15 is 0 Å². The Hall–Kier alpha value is -3.28. The molecule has 0 aliphatic rings. The topological polar surface area (TPSA) is 54.0 Å². The molecule has 6 heteroatoms. The Labute approximate surface area is 149 Å². The number of hydrogen-bond donors (Lipinski definition) is 2. The molecule has 1 amide bonds. The monoisotopic (exact) mass is 353 g/mol. The van der Waals surface area contributed by atoms with Gasteiger partial charge in [-0.2, -0.15) is 0 Å². The summed E-state index contributed by atoms with van der Waals surface area (Å²) in [5.41, 5.74) is 2.45. The molecule has 0 atom stereocenters. The minimum atomic E-state index is -0.704. The van der Waals surface area contributed by atoms with Crippen molar-refractivity contribution >= 4 is 17.3 Å². The summed E-state index contributed by atoms with van der Waals surface area (Å²) in [4.78, 5) is 16.2. The Balaban J connectivity index is 1.65. The van der Waals surface area contributed by atoms with Crippen LogP contribution in [0.4, 0.5) is 20.2 Å². The SMILES string of the molecule is Cc1ccccc1CNC(=O)c1ccc(Nc2c(F)cccc2F)cn1. The van der Waals surface area contributed by atoms with Gasteiger partial charge in [-0.1, -0.05) is 30.3 Å². The summed E-state index contributed by atoms with van der Waals surface area (Å²) in [6, 6.07) is 14.4.